The fraction of sp³-hybridized carbons (Fsp3) is 0.391. The minimum Gasteiger partial charge on any atom is -0.494 e. The summed E-state index contributed by atoms with van der Waals surface area (Å²) in [5.41, 5.74) is 1.91. The van der Waals surface area contributed by atoms with Crippen LogP contribution in [0.3, 0.4) is 0 Å². The molecule has 1 aromatic heterocycles. The van der Waals surface area contributed by atoms with Crippen LogP contribution >= 0.6 is 0 Å². The summed E-state index contributed by atoms with van der Waals surface area (Å²) in [6.45, 7) is 8.04. The Morgan fingerprint density at radius 3 is 2.47 bits per heavy atom. The molecule has 1 aliphatic heterocycles. The van der Waals surface area contributed by atoms with Crippen LogP contribution < -0.4 is 9.47 Å². The Balaban J connectivity index is 1.29. The summed E-state index contributed by atoms with van der Waals surface area (Å²) in [6.07, 6.45) is 0. The van der Waals surface area contributed by atoms with Crippen molar-refractivity contribution >= 4 is 5.91 Å². The first-order chi connectivity index (χ1) is 15.6. The molecular formula is C23H28N6O3. The van der Waals surface area contributed by atoms with Crippen LogP contribution in [0, 0.1) is 6.92 Å². The maximum atomic E-state index is 12.6. The van der Waals surface area contributed by atoms with Gasteiger partial charge in [-0.1, -0.05) is 18.2 Å². The number of tetrazole rings is 1. The molecule has 0 spiro atoms. The second-order valence-corrected chi connectivity index (χ2v) is 7.64. The molecule has 4 rings (SSSR count). The van der Waals surface area contributed by atoms with Crippen molar-refractivity contribution in [1.82, 2.24) is 30.0 Å². The maximum Gasteiger partial charge on any atom is 0.260 e. The molecule has 0 unspecified atom stereocenters. The van der Waals surface area contributed by atoms with Crippen LogP contribution in [0.25, 0.3) is 5.69 Å². The molecule has 2 heterocycles. The highest BCUT2D eigenvalue weighted by Gasteiger charge is 2.23. The van der Waals surface area contributed by atoms with Gasteiger partial charge in [-0.15, -0.1) is 5.10 Å². The van der Waals surface area contributed by atoms with Gasteiger partial charge in [0.15, 0.2) is 12.4 Å². The van der Waals surface area contributed by atoms with E-state index in [-0.39, 0.29) is 12.5 Å². The van der Waals surface area contributed by atoms with Gasteiger partial charge >= 0.3 is 0 Å². The number of aromatic nitrogens is 4. The molecule has 0 N–H and O–H groups in total. The SMILES string of the molecule is CCOc1ccc(-n2nnnc2CN2CCN(C(=O)COc3ccccc3C)CC2)cc1. The lowest BCUT2D eigenvalue weighted by Crippen LogP contribution is -2.49. The average molecular weight is 437 g/mol. The molecule has 1 saturated heterocycles. The molecule has 1 amide bonds. The number of carbonyl (C=O) groups is 1. The van der Waals surface area contributed by atoms with Gasteiger partial charge in [-0.25, -0.2) is 0 Å². The smallest absolute Gasteiger partial charge is 0.260 e. The van der Waals surface area contributed by atoms with Gasteiger partial charge in [0.2, 0.25) is 0 Å². The van der Waals surface area contributed by atoms with Crippen molar-refractivity contribution in [3.63, 3.8) is 0 Å². The van der Waals surface area contributed by atoms with E-state index >= 15 is 0 Å². The van der Waals surface area contributed by atoms with Crippen LogP contribution in [0.1, 0.15) is 18.3 Å². The van der Waals surface area contributed by atoms with E-state index in [0.29, 0.717) is 26.2 Å². The first-order valence-electron chi connectivity index (χ1n) is 10.8. The Morgan fingerprint density at radius 1 is 1.00 bits per heavy atom. The van der Waals surface area contributed by atoms with Gasteiger partial charge in [0.25, 0.3) is 5.91 Å². The summed E-state index contributed by atoms with van der Waals surface area (Å²) in [7, 11) is 0. The molecule has 9 heteroatoms. The van der Waals surface area contributed by atoms with Crippen LogP contribution in [0.4, 0.5) is 0 Å². The third-order valence-electron chi connectivity index (χ3n) is 5.46. The molecule has 0 atom stereocenters. The van der Waals surface area contributed by atoms with E-state index in [1.807, 2.05) is 67.3 Å². The van der Waals surface area contributed by atoms with Crippen molar-refractivity contribution in [3.8, 4) is 17.2 Å². The van der Waals surface area contributed by atoms with E-state index in [9.17, 15) is 4.79 Å². The summed E-state index contributed by atoms with van der Waals surface area (Å²) >= 11 is 0. The zero-order valence-corrected chi connectivity index (χ0v) is 18.5. The van der Waals surface area contributed by atoms with Gasteiger partial charge < -0.3 is 14.4 Å². The van der Waals surface area contributed by atoms with Crippen molar-refractivity contribution in [2.75, 3.05) is 39.4 Å². The number of amides is 1. The zero-order valence-electron chi connectivity index (χ0n) is 18.5. The molecular weight excluding hydrogens is 408 g/mol. The van der Waals surface area contributed by atoms with Gasteiger partial charge in [-0.05, 0) is 60.2 Å². The summed E-state index contributed by atoms with van der Waals surface area (Å²) in [4.78, 5) is 16.7. The van der Waals surface area contributed by atoms with Crippen LogP contribution in [0.15, 0.2) is 48.5 Å². The number of ether oxygens (including phenoxy) is 2. The molecule has 0 saturated carbocycles. The number of carbonyl (C=O) groups excluding carboxylic acids is 1. The summed E-state index contributed by atoms with van der Waals surface area (Å²) in [5, 5.41) is 12.2. The second kappa shape index (κ2) is 10.2. The minimum atomic E-state index is 0.00660. The molecule has 1 fully saturated rings. The lowest BCUT2D eigenvalue weighted by Gasteiger charge is -2.34. The molecule has 0 bridgehead atoms. The largest absolute Gasteiger partial charge is 0.494 e. The van der Waals surface area contributed by atoms with E-state index in [0.717, 1.165) is 41.7 Å². The standard InChI is InChI=1S/C23H28N6O3/c1-3-31-20-10-8-19(9-11-20)29-22(24-25-26-29)16-27-12-14-28(15-13-27)23(30)17-32-21-7-5-4-6-18(21)2/h4-11H,3,12-17H2,1-2H3. The van der Waals surface area contributed by atoms with Gasteiger partial charge in [0, 0.05) is 26.2 Å². The Hall–Kier alpha value is -3.46. The molecule has 2 aromatic carbocycles. The second-order valence-electron chi connectivity index (χ2n) is 7.64. The van der Waals surface area contributed by atoms with E-state index in [1.54, 1.807) is 4.68 Å². The maximum absolute atomic E-state index is 12.6. The molecule has 0 radical (unpaired) electrons. The highest BCUT2D eigenvalue weighted by Crippen LogP contribution is 2.18. The van der Waals surface area contributed by atoms with Gasteiger partial charge in [0.1, 0.15) is 11.5 Å². The predicted octanol–water partition coefficient (Wildman–Crippen LogP) is 2.09. The van der Waals surface area contributed by atoms with Gasteiger partial charge in [0.05, 0.1) is 18.8 Å². The molecule has 3 aromatic rings. The van der Waals surface area contributed by atoms with Crippen molar-refractivity contribution in [1.29, 1.82) is 0 Å². The minimum absolute atomic E-state index is 0.00660. The number of hydrogen-bond donors (Lipinski definition) is 0. The van der Waals surface area contributed by atoms with Crippen LogP contribution in [0.2, 0.25) is 0 Å². The fourth-order valence-electron chi connectivity index (χ4n) is 3.66. The Kier molecular flexibility index (Phi) is 6.96. The van der Waals surface area contributed by atoms with E-state index in [2.05, 4.69) is 20.4 Å². The fourth-order valence-corrected chi connectivity index (χ4v) is 3.66. The molecule has 9 nitrogen and oxygen atoms in total. The predicted molar refractivity (Wildman–Crippen MR) is 119 cm³/mol. The number of rotatable bonds is 8. The van der Waals surface area contributed by atoms with Crippen LogP contribution in [-0.4, -0.2) is 75.3 Å². The molecule has 0 aliphatic carbocycles. The third kappa shape index (κ3) is 5.23. The Morgan fingerprint density at radius 2 is 1.75 bits per heavy atom. The lowest BCUT2D eigenvalue weighted by molar-refractivity contribution is -0.135. The first-order valence-corrected chi connectivity index (χ1v) is 10.8. The summed E-state index contributed by atoms with van der Waals surface area (Å²) in [5.74, 6) is 2.34. The zero-order chi connectivity index (χ0) is 22.3. The third-order valence-corrected chi connectivity index (χ3v) is 5.46. The first kappa shape index (κ1) is 21.8. The summed E-state index contributed by atoms with van der Waals surface area (Å²) < 4.78 is 12.9. The number of aryl methyl sites for hydroxylation is 1. The number of hydrogen-bond acceptors (Lipinski definition) is 7. The average Bonchev–Trinajstić information content (AvgIpc) is 3.27. The van der Waals surface area contributed by atoms with E-state index in [1.165, 1.54) is 0 Å². The van der Waals surface area contributed by atoms with Crippen molar-refractivity contribution < 1.29 is 14.3 Å². The Bertz CT molecular complexity index is 1030. The van der Waals surface area contributed by atoms with Crippen LogP contribution in [-0.2, 0) is 11.3 Å². The van der Waals surface area contributed by atoms with Crippen LogP contribution in [0.5, 0.6) is 11.5 Å². The number of piperazine rings is 1. The van der Waals surface area contributed by atoms with Gasteiger partial charge in [-0.3, -0.25) is 9.69 Å². The van der Waals surface area contributed by atoms with E-state index < -0.39 is 0 Å². The quantitative estimate of drug-likeness (QED) is 0.534. The van der Waals surface area contributed by atoms with Gasteiger partial charge in [-0.2, -0.15) is 4.68 Å². The normalized spacial score (nSPS) is 14.4. The van der Waals surface area contributed by atoms with Crippen molar-refractivity contribution in [2.24, 2.45) is 0 Å². The number of para-hydroxylation sites is 1. The lowest BCUT2D eigenvalue weighted by atomic mass is 10.2. The Labute approximate surface area is 187 Å². The van der Waals surface area contributed by atoms with Crippen molar-refractivity contribution in [2.45, 2.75) is 20.4 Å². The summed E-state index contributed by atoms with van der Waals surface area (Å²) in [6, 6.07) is 15.4. The van der Waals surface area contributed by atoms with E-state index in [4.69, 9.17) is 9.47 Å². The molecule has 168 valence electrons. The monoisotopic (exact) mass is 436 g/mol. The topological polar surface area (TPSA) is 85.6 Å². The molecule has 1 aliphatic rings. The number of nitrogens with zero attached hydrogens (tertiary/aromatic N) is 6. The highest BCUT2D eigenvalue weighted by molar-refractivity contribution is 5.78. The number of benzene rings is 2. The van der Waals surface area contributed by atoms with Crippen molar-refractivity contribution in [3.05, 3.63) is 59.9 Å². The highest BCUT2D eigenvalue weighted by atomic mass is 16.5. The molecule has 32 heavy (non-hydrogen) atoms.